The van der Waals surface area contributed by atoms with Crippen LogP contribution in [0.2, 0.25) is 5.02 Å². The number of hydrogen-bond acceptors (Lipinski definition) is 0. The number of rotatable bonds is 1. The van der Waals surface area contributed by atoms with E-state index in [2.05, 4.69) is 354 Å². The van der Waals surface area contributed by atoms with Crippen LogP contribution in [0, 0.1) is 132 Å². The lowest BCUT2D eigenvalue weighted by atomic mass is 10.0. The Morgan fingerprint density at radius 3 is 0.820 bits per heavy atom. The number of benzene rings is 13. The van der Waals surface area contributed by atoms with Crippen molar-refractivity contribution in [1.29, 1.82) is 0 Å². The Hall–Kier alpha value is -9.80. The minimum atomic E-state index is -4.22. The van der Waals surface area contributed by atoms with Gasteiger partial charge in [-0.2, -0.15) is 13.2 Å². The topological polar surface area (TPSA) is 0 Å². The van der Waals surface area contributed by atoms with Crippen LogP contribution >= 0.6 is 11.6 Å². The lowest BCUT2D eigenvalue weighted by molar-refractivity contribution is -0.138. The molecule has 13 rings (SSSR count). The predicted molar refractivity (Wildman–Crippen MR) is 434 cm³/mol. The SMILES string of the molecule is Cc1cc(C)c(C)c(C)c1.Cc1ccc(C)cc1.Cc1ccc(C)cc1.Cc1ccc(C)cc1.Cc1ccc(C)cc1.Cc1cccc2ccccc12.Cc1ccccc1.Cc1ccccc1-c1ccccc1.Cc1ccccc1C.Cc1ccccc1C(F)(F)F.Cc1ccccc1Cl. The van der Waals surface area contributed by atoms with Gasteiger partial charge in [0.05, 0.1) is 5.56 Å². The highest BCUT2D eigenvalue weighted by Gasteiger charge is 2.31. The largest absolute Gasteiger partial charge is 0.416 e. The van der Waals surface area contributed by atoms with E-state index in [1.165, 1.54) is 136 Å². The second kappa shape index (κ2) is 46.5. The Balaban J connectivity index is 0.000000288. The monoisotopic (exact) mass is 1350 g/mol. The summed E-state index contributed by atoms with van der Waals surface area (Å²) in [6.45, 7) is 39.4. The molecule has 0 amide bonds. The van der Waals surface area contributed by atoms with E-state index in [1.54, 1.807) is 6.07 Å². The van der Waals surface area contributed by atoms with Gasteiger partial charge in [-0.05, 0) is 216 Å². The van der Waals surface area contributed by atoms with Crippen molar-refractivity contribution in [2.75, 3.05) is 0 Å². The quantitative estimate of drug-likeness (QED) is 0.154. The Morgan fingerprint density at radius 1 is 0.220 bits per heavy atom. The van der Waals surface area contributed by atoms with E-state index in [-0.39, 0.29) is 5.56 Å². The summed E-state index contributed by atoms with van der Waals surface area (Å²) in [6, 6.07) is 104. The normalized spacial score (nSPS) is 9.75. The molecular formula is C96H108ClF3. The van der Waals surface area contributed by atoms with Gasteiger partial charge in [-0.1, -0.05) is 364 Å². The van der Waals surface area contributed by atoms with Crippen LogP contribution in [-0.2, 0) is 6.18 Å². The van der Waals surface area contributed by atoms with Gasteiger partial charge in [0, 0.05) is 5.02 Å². The molecule has 13 aromatic rings. The first kappa shape index (κ1) is 84.4. The first-order valence-electron chi connectivity index (χ1n) is 34.1. The molecular weight excluding hydrogens is 1250 g/mol. The highest BCUT2D eigenvalue weighted by molar-refractivity contribution is 6.31. The van der Waals surface area contributed by atoms with Crippen molar-refractivity contribution in [1.82, 2.24) is 0 Å². The third-order valence-corrected chi connectivity index (χ3v) is 16.5. The third-order valence-electron chi connectivity index (χ3n) is 16.1. The summed E-state index contributed by atoms with van der Waals surface area (Å²) in [6.07, 6.45) is -4.22. The maximum atomic E-state index is 12.0. The van der Waals surface area contributed by atoms with E-state index < -0.39 is 11.7 Å². The van der Waals surface area contributed by atoms with Gasteiger partial charge < -0.3 is 0 Å². The fourth-order valence-electron chi connectivity index (χ4n) is 9.34. The minimum absolute atomic E-state index is 0.264. The molecule has 0 aliphatic heterocycles. The maximum Gasteiger partial charge on any atom is 0.416 e. The van der Waals surface area contributed by atoms with Crippen LogP contribution in [-0.4, -0.2) is 0 Å². The van der Waals surface area contributed by atoms with E-state index in [0.29, 0.717) is 0 Å². The number of hydrogen-bond donors (Lipinski definition) is 0. The lowest BCUT2D eigenvalue weighted by Crippen LogP contribution is -2.06. The molecule has 0 bridgehead atoms. The molecule has 0 nitrogen and oxygen atoms in total. The number of aryl methyl sites for hydroxylation is 18. The Kier molecular flexibility index (Phi) is 39.2. The molecule has 0 aromatic heterocycles. The second-order valence-corrected chi connectivity index (χ2v) is 25.8. The van der Waals surface area contributed by atoms with Crippen molar-refractivity contribution in [2.45, 2.75) is 138 Å². The van der Waals surface area contributed by atoms with Crippen molar-refractivity contribution in [2.24, 2.45) is 0 Å². The smallest absolute Gasteiger partial charge is 0.166 e. The summed E-state index contributed by atoms with van der Waals surface area (Å²) in [4.78, 5) is 0. The van der Waals surface area contributed by atoms with Gasteiger partial charge in [0.2, 0.25) is 0 Å². The van der Waals surface area contributed by atoms with Gasteiger partial charge in [0.1, 0.15) is 0 Å². The van der Waals surface area contributed by atoms with Crippen molar-refractivity contribution in [3.8, 4) is 11.1 Å². The molecule has 0 saturated carbocycles. The van der Waals surface area contributed by atoms with Crippen molar-refractivity contribution in [3.05, 3.63) is 426 Å². The van der Waals surface area contributed by atoms with E-state index in [1.807, 2.05) is 55.5 Å². The van der Waals surface area contributed by atoms with Crippen LogP contribution in [0.4, 0.5) is 13.2 Å². The number of fused-ring (bicyclic) bond motifs is 1. The molecule has 0 radical (unpaired) electrons. The molecule has 0 atom stereocenters. The molecule has 0 unspecified atom stereocenters. The number of alkyl halides is 3. The summed E-state index contributed by atoms with van der Waals surface area (Å²) in [5, 5.41) is 3.52. The molecule has 0 N–H and O–H groups in total. The summed E-state index contributed by atoms with van der Waals surface area (Å²) in [5.74, 6) is 0. The average molecular weight is 1350 g/mol. The predicted octanol–water partition coefficient (Wildman–Crippen LogP) is 28.9. The van der Waals surface area contributed by atoms with Crippen molar-refractivity contribution in [3.63, 3.8) is 0 Å². The standard InChI is InChI=1S/C13H12.C11H10.C10H14.C8H7F3.5C8H10.C7H7Cl.C7H8/c1-11-7-5-6-10-13(11)12-8-3-2-4-9-12;1-9-5-4-7-10-6-2-3-8-11(9)10;1-7-5-8(2)10(4)9(3)6-7;1-6-4-2-3-5-7(6)8(9,10)11;4*1-7-3-5-8(2)6-4-7;1-7-5-3-4-6-8(7)2;1-6-4-2-3-5-7(6)8;1-7-5-3-2-4-6-7/h2-10H,1H3;2-8H,1H3;5-6H,1-4H3;2-5H,1H3;5*3-6H,1-2H3;2-5H,1H3;2-6H,1H3. The summed E-state index contributed by atoms with van der Waals surface area (Å²) in [5.41, 5.74) is 26.4. The van der Waals surface area contributed by atoms with E-state index in [0.717, 1.165) is 16.7 Å². The molecule has 0 spiro atoms. The molecule has 4 heteroatoms. The highest BCUT2D eigenvalue weighted by Crippen LogP contribution is 2.31. The molecule has 100 heavy (non-hydrogen) atoms. The van der Waals surface area contributed by atoms with Gasteiger partial charge in [-0.3, -0.25) is 0 Å². The zero-order chi connectivity index (χ0) is 74.0. The highest BCUT2D eigenvalue weighted by atomic mass is 35.5. The first-order chi connectivity index (χ1) is 47.5. The Labute approximate surface area is 606 Å². The summed E-state index contributed by atoms with van der Waals surface area (Å²) < 4.78 is 36.1. The van der Waals surface area contributed by atoms with Gasteiger partial charge in [0.15, 0.2) is 0 Å². The Bertz CT molecular complexity index is 3970. The van der Waals surface area contributed by atoms with E-state index >= 15 is 0 Å². The zero-order valence-electron chi connectivity index (χ0n) is 63.0. The minimum Gasteiger partial charge on any atom is -0.166 e. The summed E-state index contributed by atoms with van der Waals surface area (Å²) in [7, 11) is 0. The molecule has 0 saturated heterocycles. The molecule has 0 aliphatic carbocycles. The Morgan fingerprint density at radius 2 is 0.510 bits per heavy atom. The zero-order valence-corrected chi connectivity index (χ0v) is 63.7. The van der Waals surface area contributed by atoms with Crippen LogP contribution in [0.3, 0.4) is 0 Å². The average Bonchev–Trinajstić information content (AvgIpc) is 0.855. The molecule has 520 valence electrons. The number of halogens is 4. The van der Waals surface area contributed by atoms with Gasteiger partial charge in [-0.25, -0.2) is 0 Å². The fraction of sp³-hybridized carbons (Fsp3) is 0.208. The molecule has 13 aromatic carbocycles. The molecule has 0 aliphatic rings. The van der Waals surface area contributed by atoms with Crippen LogP contribution in [0.25, 0.3) is 21.9 Å². The second-order valence-electron chi connectivity index (χ2n) is 25.4. The maximum absolute atomic E-state index is 12.0. The summed E-state index contributed by atoms with van der Waals surface area (Å²) >= 11 is 5.71. The fourth-order valence-corrected chi connectivity index (χ4v) is 9.48. The van der Waals surface area contributed by atoms with E-state index in [4.69, 9.17) is 11.6 Å². The van der Waals surface area contributed by atoms with Crippen LogP contribution in [0.5, 0.6) is 0 Å². The first-order valence-corrected chi connectivity index (χ1v) is 34.5. The van der Waals surface area contributed by atoms with Crippen molar-refractivity contribution >= 4 is 22.4 Å². The van der Waals surface area contributed by atoms with Gasteiger partial charge >= 0.3 is 6.18 Å². The molecule has 0 fully saturated rings. The molecule has 0 heterocycles. The lowest BCUT2D eigenvalue weighted by Gasteiger charge is -2.08. The van der Waals surface area contributed by atoms with Crippen LogP contribution in [0.1, 0.15) is 111 Å². The van der Waals surface area contributed by atoms with Gasteiger partial charge in [-0.15, -0.1) is 0 Å². The van der Waals surface area contributed by atoms with Gasteiger partial charge in [0.25, 0.3) is 0 Å². The van der Waals surface area contributed by atoms with Crippen LogP contribution < -0.4 is 0 Å². The van der Waals surface area contributed by atoms with Crippen molar-refractivity contribution < 1.29 is 13.2 Å². The third kappa shape index (κ3) is 35.6. The van der Waals surface area contributed by atoms with E-state index in [9.17, 15) is 13.2 Å². The van der Waals surface area contributed by atoms with Crippen LogP contribution in [0.15, 0.2) is 309 Å².